The molecule has 4 aromatic rings. The number of aliphatic hydroxyl groups excluding tert-OH is 1. The fourth-order valence-electron chi connectivity index (χ4n) is 3.82. The Labute approximate surface area is 208 Å². The van der Waals surface area contributed by atoms with Crippen LogP contribution in [-0.4, -0.2) is 24.6 Å². The smallest absolute Gasteiger partial charge is 0.337 e. The molecule has 9 heteroatoms. The summed E-state index contributed by atoms with van der Waals surface area (Å²) in [5, 5.41) is 24.9. The summed E-state index contributed by atoms with van der Waals surface area (Å²) in [7, 11) is -4.03. The molecular weight excluding hydrogens is 488 g/mol. The molecule has 0 saturated carbocycles. The van der Waals surface area contributed by atoms with E-state index in [1.54, 1.807) is 68.4 Å². The van der Waals surface area contributed by atoms with E-state index in [1.165, 1.54) is 12.1 Å². The Morgan fingerprint density at radius 1 is 0.914 bits per heavy atom. The quantitative estimate of drug-likeness (QED) is 0.237. The first kappa shape index (κ1) is 24.5. The van der Waals surface area contributed by atoms with Crippen LogP contribution >= 0.6 is 11.6 Å². The normalized spacial score (nSPS) is 12.3. The zero-order valence-electron chi connectivity index (χ0n) is 18.9. The molecule has 180 valence electrons. The lowest BCUT2D eigenvalue weighted by Gasteiger charge is -2.19. The summed E-state index contributed by atoms with van der Waals surface area (Å²) in [6.45, 7) is 3.42. The van der Waals surface area contributed by atoms with Crippen LogP contribution in [0.1, 0.15) is 33.3 Å². The number of aryl methyl sites for hydroxylation is 2. The molecule has 1 atom stereocenters. The molecule has 1 unspecified atom stereocenters. The van der Waals surface area contributed by atoms with E-state index in [0.717, 1.165) is 5.56 Å². The van der Waals surface area contributed by atoms with Crippen molar-refractivity contribution < 1.29 is 23.4 Å². The number of fused-ring (bicyclic) bond motifs is 1. The van der Waals surface area contributed by atoms with Gasteiger partial charge in [-0.2, -0.15) is 0 Å². The zero-order valence-corrected chi connectivity index (χ0v) is 20.5. The van der Waals surface area contributed by atoms with Crippen molar-refractivity contribution in [3.8, 4) is 0 Å². The topological polar surface area (TPSA) is 116 Å². The number of benzene rings is 4. The third-order valence-electron chi connectivity index (χ3n) is 5.63. The van der Waals surface area contributed by atoms with Gasteiger partial charge in [0.15, 0.2) is 6.23 Å². The predicted octanol–water partition coefficient (Wildman–Crippen LogP) is 5.71. The molecule has 0 radical (unpaired) electrons. The maximum atomic E-state index is 13.3. The van der Waals surface area contributed by atoms with Gasteiger partial charge in [0, 0.05) is 21.4 Å². The van der Waals surface area contributed by atoms with E-state index in [0.29, 0.717) is 27.0 Å². The Morgan fingerprint density at radius 2 is 1.60 bits per heavy atom. The average molecular weight is 511 g/mol. The van der Waals surface area contributed by atoms with E-state index in [4.69, 9.17) is 11.6 Å². The second-order valence-corrected chi connectivity index (χ2v) is 10.2. The molecule has 0 aliphatic rings. The van der Waals surface area contributed by atoms with E-state index in [1.807, 2.05) is 6.07 Å². The second kappa shape index (κ2) is 9.58. The van der Waals surface area contributed by atoms with Gasteiger partial charge in [-0.1, -0.05) is 59.6 Å². The van der Waals surface area contributed by atoms with E-state index >= 15 is 0 Å². The monoisotopic (exact) mass is 510 g/mol. The largest absolute Gasteiger partial charge is 0.478 e. The van der Waals surface area contributed by atoms with Gasteiger partial charge in [0.05, 0.1) is 21.8 Å². The molecule has 35 heavy (non-hydrogen) atoms. The Kier molecular flexibility index (Phi) is 6.71. The molecule has 0 saturated heterocycles. The van der Waals surface area contributed by atoms with Gasteiger partial charge in [-0.25, -0.2) is 13.2 Å². The van der Waals surface area contributed by atoms with E-state index in [-0.39, 0.29) is 21.7 Å². The second-order valence-electron chi connectivity index (χ2n) is 8.17. The molecule has 0 aromatic heterocycles. The van der Waals surface area contributed by atoms with Crippen molar-refractivity contribution in [2.75, 3.05) is 10.0 Å². The van der Waals surface area contributed by atoms with Crippen molar-refractivity contribution in [2.45, 2.75) is 25.0 Å². The number of carbonyl (C=O) groups is 1. The fourth-order valence-corrected chi connectivity index (χ4v) is 5.41. The SMILES string of the molecule is Cc1ccc(NC(O)c2ccc(C)c(S(=O)(=O)Nc3ccc(Cl)c4ccccc34)c2)c(C(=O)O)c1. The van der Waals surface area contributed by atoms with Crippen molar-refractivity contribution in [3.05, 3.63) is 100 Å². The highest BCUT2D eigenvalue weighted by Gasteiger charge is 2.21. The Morgan fingerprint density at radius 3 is 2.31 bits per heavy atom. The summed E-state index contributed by atoms with van der Waals surface area (Å²) in [4.78, 5) is 11.6. The molecule has 4 rings (SSSR count). The summed E-state index contributed by atoms with van der Waals surface area (Å²) in [5.41, 5.74) is 2.08. The molecule has 0 bridgehead atoms. The minimum Gasteiger partial charge on any atom is -0.478 e. The third kappa shape index (κ3) is 5.09. The lowest BCUT2D eigenvalue weighted by atomic mass is 10.1. The van der Waals surface area contributed by atoms with Gasteiger partial charge < -0.3 is 15.5 Å². The van der Waals surface area contributed by atoms with Gasteiger partial charge in [-0.15, -0.1) is 0 Å². The van der Waals surface area contributed by atoms with Gasteiger partial charge in [-0.05, 0) is 49.7 Å². The molecular formula is C26H23ClN2O5S. The number of hydrogen-bond acceptors (Lipinski definition) is 5. The average Bonchev–Trinajstić information content (AvgIpc) is 2.82. The molecule has 0 amide bonds. The van der Waals surface area contributed by atoms with Crippen LogP contribution in [0.25, 0.3) is 10.8 Å². The molecule has 0 spiro atoms. The first-order valence-corrected chi connectivity index (χ1v) is 12.5. The van der Waals surface area contributed by atoms with Crippen LogP contribution in [0.4, 0.5) is 11.4 Å². The number of sulfonamides is 1. The van der Waals surface area contributed by atoms with Crippen molar-refractivity contribution in [3.63, 3.8) is 0 Å². The standard InChI is InChI=1S/C26H23ClN2O5S/c1-15-7-11-22(20(13-15)26(31)32)28-25(30)17-9-8-16(2)24(14-17)35(33,34)29-23-12-10-21(27)18-5-3-4-6-19(18)23/h3-14,25,28-30H,1-2H3,(H,31,32). The van der Waals surface area contributed by atoms with Crippen LogP contribution in [-0.2, 0) is 10.0 Å². The highest BCUT2D eigenvalue weighted by atomic mass is 35.5. The zero-order chi connectivity index (χ0) is 25.3. The summed E-state index contributed by atoms with van der Waals surface area (Å²) < 4.78 is 29.3. The lowest BCUT2D eigenvalue weighted by Crippen LogP contribution is -2.17. The predicted molar refractivity (Wildman–Crippen MR) is 138 cm³/mol. The molecule has 4 N–H and O–H groups in total. The summed E-state index contributed by atoms with van der Waals surface area (Å²) in [6, 6.07) is 19.7. The Hall–Kier alpha value is -3.59. The van der Waals surface area contributed by atoms with E-state index in [2.05, 4.69) is 10.0 Å². The molecule has 4 aromatic carbocycles. The summed E-state index contributed by atoms with van der Waals surface area (Å²) in [6.07, 6.45) is -1.35. The number of aromatic carboxylic acids is 1. The van der Waals surface area contributed by atoms with Gasteiger partial charge in [0.1, 0.15) is 0 Å². The van der Waals surface area contributed by atoms with Gasteiger partial charge in [-0.3, -0.25) is 4.72 Å². The number of hydrogen-bond donors (Lipinski definition) is 4. The number of carboxylic acid groups (broad SMARTS) is 1. The highest BCUT2D eigenvalue weighted by Crippen LogP contribution is 2.32. The van der Waals surface area contributed by atoms with Crippen LogP contribution in [0.3, 0.4) is 0 Å². The van der Waals surface area contributed by atoms with Gasteiger partial charge >= 0.3 is 5.97 Å². The lowest BCUT2D eigenvalue weighted by molar-refractivity contribution is 0.0697. The summed E-state index contributed by atoms with van der Waals surface area (Å²) in [5.74, 6) is -1.14. The number of carboxylic acids is 1. The number of nitrogens with one attached hydrogen (secondary N) is 2. The first-order chi connectivity index (χ1) is 16.6. The summed E-state index contributed by atoms with van der Waals surface area (Å²) >= 11 is 6.26. The Balaban J connectivity index is 1.67. The van der Waals surface area contributed by atoms with Crippen molar-refractivity contribution in [1.82, 2.24) is 0 Å². The van der Waals surface area contributed by atoms with E-state index < -0.39 is 22.2 Å². The van der Waals surface area contributed by atoms with Gasteiger partial charge in [0.2, 0.25) is 0 Å². The van der Waals surface area contributed by atoms with Crippen molar-refractivity contribution in [2.24, 2.45) is 0 Å². The maximum Gasteiger partial charge on any atom is 0.337 e. The highest BCUT2D eigenvalue weighted by molar-refractivity contribution is 7.92. The number of rotatable bonds is 7. The Bertz CT molecular complexity index is 1550. The number of halogens is 1. The van der Waals surface area contributed by atoms with Crippen LogP contribution in [0.2, 0.25) is 5.02 Å². The molecule has 7 nitrogen and oxygen atoms in total. The van der Waals surface area contributed by atoms with Crippen LogP contribution < -0.4 is 10.0 Å². The van der Waals surface area contributed by atoms with Crippen LogP contribution in [0.5, 0.6) is 0 Å². The van der Waals surface area contributed by atoms with Crippen LogP contribution in [0.15, 0.2) is 77.7 Å². The molecule has 0 aliphatic carbocycles. The van der Waals surface area contributed by atoms with E-state index in [9.17, 15) is 23.4 Å². The minimum atomic E-state index is -4.03. The minimum absolute atomic E-state index is 0.000268. The van der Waals surface area contributed by atoms with Gasteiger partial charge in [0.25, 0.3) is 10.0 Å². The fraction of sp³-hybridized carbons (Fsp3) is 0.115. The van der Waals surface area contributed by atoms with Crippen LogP contribution in [0, 0.1) is 13.8 Å². The molecule has 0 fully saturated rings. The number of anilines is 2. The maximum absolute atomic E-state index is 13.3. The third-order valence-corrected chi connectivity index (χ3v) is 7.47. The molecule has 0 aliphatic heterocycles. The first-order valence-electron chi connectivity index (χ1n) is 10.7. The number of aliphatic hydroxyl groups is 1. The van der Waals surface area contributed by atoms with Crippen molar-refractivity contribution in [1.29, 1.82) is 0 Å². The molecule has 0 heterocycles. The van der Waals surface area contributed by atoms with Crippen molar-refractivity contribution >= 4 is 49.7 Å².